The molecule has 1 aliphatic heterocycles. The minimum absolute atomic E-state index is 0.213. The molecule has 18 heavy (non-hydrogen) atoms. The summed E-state index contributed by atoms with van der Waals surface area (Å²) in [5.74, 6) is 0. The largest absolute Gasteiger partial charge is 0.369 e. The van der Waals surface area contributed by atoms with E-state index in [4.69, 9.17) is 4.74 Å². The van der Waals surface area contributed by atoms with Gasteiger partial charge < -0.3 is 10.1 Å². The quantitative estimate of drug-likeness (QED) is 0.892. The van der Waals surface area contributed by atoms with E-state index >= 15 is 0 Å². The van der Waals surface area contributed by atoms with E-state index in [0.29, 0.717) is 6.04 Å². The maximum atomic E-state index is 6.02. The third kappa shape index (κ3) is 2.34. The van der Waals surface area contributed by atoms with E-state index in [2.05, 4.69) is 48.0 Å². The van der Waals surface area contributed by atoms with Crippen molar-refractivity contribution in [2.45, 2.75) is 19.1 Å². The molecule has 1 aromatic carbocycles. The standard InChI is InChI=1S/C15H17NOS/c1-11-7-8-18-15(11)14-9-16-13(10-17-14)12-5-3-2-4-6-12/h2-8,13-14,16H,9-10H2,1H3. The average molecular weight is 259 g/mol. The Morgan fingerprint density at radius 1 is 1.22 bits per heavy atom. The van der Waals surface area contributed by atoms with E-state index < -0.39 is 0 Å². The van der Waals surface area contributed by atoms with Gasteiger partial charge in [-0.3, -0.25) is 0 Å². The topological polar surface area (TPSA) is 21.3 Å². The van der Waals surface area contributed by atoms with Gasteiger partial charge in [0.05, 0.1) is 12.6 Å². The number of hydrogen-bond acceptors (Lipinski definition) is 3. The Kier molecular flexibility index (Phi) is 3.46. The Labute approximate surface area is 112 Å². The normalized spacial score (nSPS) is 24.1. The number of benzene rings is 1. The molecule has 94 valence electrons. The lowest BCUT2D eigenvalue weighted by Crippen LogP contribution is -2.36. The van der Waals surface area contributed by atoms with E-state index in [9.17, 15) is 0 Å². The van der Waals surface area contributed by atoms with Gasteiger partial charge in [0, 0.05) is 11.4 Å². The number of nitrogens with one attached hydrogen (secondary N) is 1. The zero-order chi connectivity index (χ0) is 12.4. The van der Waals surface area contributed by atoms with E-state index in [1.807, 2.05) is 6.07 Å². The summed E-state index contributed by atoms with van der Waals surface area (Å²) in [6, 6.07) is 13.0. The zero-order valence-electron chi connectivity index (χ0n) is 10.4. The van der Waals surface area contributed by atoms with Crippen molar-refractivity contribution in [2.75, 3.05) is 13.2 Å². The number of aryl methyl sites for hydroxylation is 1. The van der Waals surface area contributed by atoms with Crippen LogP contribution >= 0.6 is 11.3 Å². The minimum Gasteiger partial charge on any atom is -0.369 e. The van der Waals surface area contributed by atoms with Gasteiger partial charge in [-0.15, -0.1) is 11.3 Å². The van der Waals surface area contributed by atoms with E-state index in [1.54, 1.807) is 11.3 Å². The first-order valence-corrected chi connectivity index (χ1v) is 7.16. The molecule has 2 atom stereocenters. The second-order valence-electron chi connectivity index (χ2n) is 4.66. The highest BCUT2D eigenvalue weighted by atomic mass is 32.1. The molecule has 2 heterocycles. The molecule has 2 nitrogen and oxygen atoms in total. The molecule has 0 amide bonds. The van der Waals surface area contributed by atoms with Gasteiger partial charge in [-0.25, -0.2) is 0 Å². The van der Waals surface area contributed by atoms with Crippen LogP contribution < -0.4 is 5.32 Å². The number of ether oxygens (including phenoxy) is 1. The highest BCUT2D eigenvalue weighted by molar-refractivity contribution is 7.10. The number of morpholine rings is 1. The molecule has 0 spiro atoms. The molecule has 0 radical (unpaired) electrons. The molecule has 1 saturated heterocycles. The molecule has 1 aromatic heterocycles. The summed E-state index contributed by atoms with van der Waals surface area (Å²) in [5, 5.41) is 5.72. The van der Waals surface area contributed by atoms with Crippen LogP contribution in [0.1, 0.15) is 28.1 Å². The molecule has 0 bridgehead atoms. The van der Waals surface area contributed by atoms with Crippen LogP contribution in [0.5, 0.6) is 0 Å². The van der Waals surface area contributed by atoms with Crippen LogP contribution in [0.15, 0.2) is 41.8 Å². The molecule has 1 fully saturated rings. The van der Waals surface area contributed by atoms with Crippen LogP contribution in [0.25, 0.3) is 0 Å². The smallest absolute Gasteiger partial charge is 0.104 e. The lowest BCUT2D eigenvalue weighted by molar-refractivity contribution is 0.00411. The van der Waals surface area contributed by atoms with Gasteiger partial charge in [-0.2, -0.15) is 0 Å². The van der Waals surface area contributed by atoms with E-state index in [0.717, 1.165) is 13.2 Å². The van der Waals surface area contributed by atoms with Gasteiger partial charge in [-0.05, 0) is 29.5 Å². The van der Waals surface area contributed by atoms with Crippen molar-refractivity contribution >= 4 is 11.3 Å². The minimum atomic E-state index is 0.213. The third-order valence-corrected chi connectivity index (χ3v) is 4.52. The van der Waals surface area contributed by atoms with Crippen molar-refractivity contribution in [3.63, 3.8) is 0 Å². The fourth-order valence-electron chi connectivity index (χ4n) is 2.36. The van der Waals surface area contributed by atoms with Gasteiger partial charge in [0.2, 0.25) is 0 Å². The summed E-state index contributed by atoms with van der Waals surface area (Å²) >= 11 is 1.79. The SMILES string of the molecule is Cc1ccsc1C1CNC(c2ccccc2)CO1. The molecule has 2 aromatic rings. The van der Waals surface area contributed by atoms with Crippen molar-refractivity contribution in [2.24, 2.45) is 0 Å². The molecular weight excluding hydrogens is 242 g/mol. The van der Waals surface area contributed by atoms with Gasteiger partial charge >= 0.3 is 0 Å². The first-order chi connectivity index (χ1) is 8.84. The lowest BCUT2D eigenvalue weighted by Gasteiger charge is -2.30. The maximum Gasteiger partial charge on any atom is 0.104 e. The molecule has 2 unspecified atom stereocenters. The summed E-state index contributed by atoms with van der Waals surface area (Å²) in [5.41, 5.74) is 2.64. The van der Waals surface area contributed by atoms with Crippen molar-refractivity contribution < 1.29 is 4.74 Å². The Hall–Kier alpha value is -1.16. The predicted octanol–water partition coefficient (Wildman–Crippen LogP) is 3.46. The second-order valence-corrected chi connectivity index (χ2v) is 5.61. The van der Waals surface area contributed by atoms with Gasteiger partial charge in [0.25, 0.3) is 0 Å². The summed E-state index contributed by atoms with van der Waals surface area (Å²) in [7, 11) is 0. The van der Waals surface area contributed by atoms with Crippen molar-refractivity contribution in [1.82, 2.24) is 5.32 Å². The summed E-state index contributed by atoms with van der Waals surface area (Å²) in [4.78, 5) is 1.36. The van der Waals surface area contributed by atoms with Crippen molar-refractivity contribution in [1.29, 1.82) is 0 Å². The first-order valence-electron chi connectivity index (χ1n) is 6.28. The van der Waals surface area contributed by atoms with Crippen LogP contribution in [0.2, 0.25) is 0 Å². The summed E-state index contributed by atoms with van der Waals surface area (Å²) < 4.78 is 6.02. The average Bonchev–Trinajstić information content (AvgIpc) is 2.86. The molecule has 0 saturated carbocycles. The Morgan fingerprint density at radius 3 is 2.67 bits per heavy atom. The summed E-state index contributed by atoms with van der Waals surface area (Å²) in [6.07, 6.45) is 0.213. The highest BCUT2D eigenvalue weighted by Crippen LogP contribution is 2.30. The van der Waals surface area contributed by atoms with Crippen molar-refractivity contribution in [3.05, 3.63) is 57.8 Å². The molecule has 3 heteroatoms. The Bertz CT molecular complexity index is 500. The number of thiophene rings is 1. The highest BCUT2D eigenvalue weighted by Gasteiger charge is 2.24. The molecule has 1 aliphatic rings. The first kappa shape index (κ1) is 11.9. The molecule has 3 rings (SSSR count). The predicted molar refractivity (Wildman–Crippen MR) is 74.9 cm³/mol. The van der Waals surface area contributed by atoms with Gasteiger partial charge in [-0.1, -0.05) is 30.3 Å². The van der Waals surface area contributed by atoms with Crippen molar-refractivity contribution in [3.8, 4) is 0 Å². The monoisotopic (exact) mass is 259 g/mol. The molecular formula is C15H17NOS. The van der Waals surface area contributed by atoms with E-state index in [-0.39, 0.29) is 6.10 Å². The van der Waals surface area contributed by atoms with Crippen LogP contribution in [0.4, 0.5) is 0 Å². The second kappa shape index (κ2) is 5.22. The molecule has 0 aliphatic carbocycles. The fourth-order valence-corrected chi connectivity index (χ4v) is 3.34. The van der Waals surface area contributed by atoms with Crippen LogP contribution in [0.3, 0.4) is 0 Å². The van der Waals surface area contributed by atoms with Crippen LogP contribution in [-0.2, 0) is 4.74 Å². The lowest BCUT2D eigenvalue weighted by atomic mass is 10.1. The van der Waals surface area contributed by atoms with E-state index in [1.165, 1.54) is 16.0 Å². The Balaban J connectivity index is 1.67. The van der Waals surface area contributed by atoms with Gasteiger partial charge in [0.1, 0.15) is 6.10 Å². The number of rotatable bonds is 2. The summed E-state index contributed by atoms with van der Waals surface area (Å²) in [6.45, 7) is 3.78. The van der Waals surface area contributed by atoms with Crippen LogP contribution in [0, 0.1) is 6.92 Å². The van der Waals surface area contributed by atoms with Gasteiger partial charge in [0.15, 0.2) is 0 Å². The Morgan fingerprint density at radius 2 is 2.06 bits per heavy atom. The van der Waals surface area contributed by atoms with Crippen LogP contribution in [-0.4, -0.2) is 13.2 Å². The maximum absolute atomic E-state index is 6.02. The zero-order valence-corrected chi connectivity index (χ0v) is 11.2. The fraction of sp³-hybridized carbons (Fsp3) is 0.333. The number of hydrogen-bond donors (Lipinski definition) is 1. The third-order valence-electron chi connectivity index (χ3n) is 3.41. The molecule has 1 N–H and O–H groups in total.